The highest BCUT2D eigenvalue weighted by molar-refractivity contribution is 4.78. The van der Waals surface area contributed by atoms with Crippen molar-refractivity contribution < 1.29 is 4.48 Å². The zero-order chi connectivity index (χ0) is 11.4. The maximum absolute atomic E-state index is 2.47. The van der Waals surface area contributed by atoms with E-state index in [0.717, 1.165) is 10.4 Å². The number of hydrogen-bond acceptors (Lipinski definition) is 0. The van der Waals surface area contributed by atoms with E-state index in [1.165, 1.54) is 25.8 Å². The lowest BCUT2D eigenvalue weighted by Gasteiger charge is -2.40. The fraction of sp³-hybridized carbons (Fsp3) is 1.00. The highest BCUT2D eigenvalue weighted by Crippen LogP contribution is 2.36. The molecule has 0 saturated carbocycles. The Morgan fingerprint density at radius 1 is 1.14 bits per heavy atom. The van der Waals surface area contributed by atoms with Crippen LogP contribution >= 0.6 is 0 Å². The Balaban J connectivity index is 4.54. The molecule has 0 radical (unpaired) electrons. The second-order valence-corrected chi connectivity index (χ2v) is 6.16. The van der Waals surface area contributed by atoms with Gasteiger partial charge >= 0.3 is 0 Å². The van der Waals surface area contributed by atoms with Gasteiger partial charge in [-0.05, 0) is 12.3 Å². The average molecular weight is 200 g/mol. The van der Waals surface area contributed by atoms with Crippen molar-refractivity contribution in [3.63, 3.8) is 0 Å². The summed E-state index contributed by atoms with van der Waals surface area (Å²) in [6, 6.07) is 0. The molecule has 0 saturated heterocycles. The normalized spacial score (nSPS) is 19.1. The number of hydrogen-bond donors (Lipinski definition) is 0. The highest BCUT2D eigenvalue weighted by Gasteiger charge is 2.34. The van der Waals surface area contributed by atoms with Crippen molar-refractivity contribution in [3.05, 3.63) is 0 Å². The third-order valence-electron chi connectivity index (χ3n) is 3.46. The third-order valence-corrected chi connectivity index (χ3v) is 3.46. The molecule has 0 rings (SSSR count). The standard InChI is InChI=1S/C13H30N/c1-8-10-13(4,12(3)9-2)11-14(5,6)7/h12H,8-11H2,1-7H3/q+1. The summed E-state index contributed by atoms with van der Waals surface area (Å²) in [6.45, 7) is 10.8. The molecule has 86 valence electrons. The van der Waals surface area contributed by atoms with Gasteiger partial charge in [0, 0.05) is 5.41 Å². The van der Waals surface area contributed by atoms with Crippen LogP contribution in [0.2, 0.25) is 0 Å². The van der Waals surface area contributed by atoms with Crippen LogP contribution in [0.15, 0.2) is 0 Å². The van der Waals surface area contributed by atoms with E-state index in [4.69, 9.17) is 0 Å². The second kappa shape index (κ2) is 5.16. The van der Waals surface area contributed by atoms with Gasteiger partial charge < -0.3 is 4.48 Å². The van der Waals surface area contributed by atoms with Crippen molar-refractivity contribution in [1.82, 2.24) is 0 Å². The van der Waals surface area contributed by atoms with Crippen LogP contribution in [0.25, 0.3) is 0 Å². The molecule has 0 aromatic carbocycles. The molecule has 0 fully saturated rings. The molecule has 0 amide bonds. The first kappa shape index (κ1) is 14.0. The first-order chi connectivity index (χ1) is 6.25. The summed E-state index contributed by atoms with van der Waals surface area (Å²) in [5.41, 5.74) is 0.516. The molecule has 0 spiro atoms. The van der Waals surface area contributed by atoms with Gasteiger partial charge in [-0.15, -0.1) is 0 Å². The first-order valence-electron chi connectivity index (χ1n) is 6.05. The van der Waals surface area contributed by atoms with Crippen molar-refractivity contribution in [2.45, 2.75) is 47.0 Å². The third kappa shape index (κ3) is 4.45. The van der Waals surface area contributed by atoms with Crippen LogP contribution in [0.3, 0.4) is 0 Å². The summed E-state index contributed by atoms with van der Waals surface area (Å²) in [6.07, 6.45) is 3.97. The fourth-order valence-electron chi connectivity index (χ4n) is 2.63. The largest absolute Gasteiger partial charge is 0.330 e. The van der Waals surface area contributed by atoms with Crippen LogP contribution in [0, 0.1) is 11.3 Å². The van der Waals surface area contributed by atoms with Crippen molar-refractivity contribution in [1.29, 1.82) is 0 Å². The van der Waals surface area contributed by atoms with Crippen LogP contribution in [0.5, 0.6) is 0 Å². The lowest BCUT2D eigenvalue weighted by molar-refractivity contribution is -0.877. The van der Waals surface area contributed by atoms with Gasteiger partial charge in [-0.3, -0.25) is 0 Å². The lowest BCUT2D eigenvalue weighted by Crippen LogP contribution is -2.46. The zero-order valence-electron chi connectivity index (χ0n) is 11.4. The smallest absolute Gasteiger partial charge is 0.0837 e. The molecular weight excluding hydrogens is 170 g/mol. The molecule has 0 aromatic heterocycles. The lowest BCUT2D eigenvalue weighted by atomic mass is 9.73. The van der Waals surface area contributed by atoms with E-state index in [-0.39, 0.29) is 0 Å². The molecule has 0 heterocycles. The molecule has 2 atom stereocenters. The van der Waals surface area contributed by atoms with Gasteiger partial charge in [0.15, 0.2) is 0 Å². The molecule has 0 aliphatic rings. The van der Waals surface area contributed by atoms with Gasteiger partial charge in [-0.2, -0.15) is 0 Å². The Hall–Kier alpha value is -0.0400. The monoisotopic (exact) mass is 200 g/mol. The molecule has 0 aliphatic carbocycles. The van der Waals surface area contributed by atoms with E-state index in [0.29, 0.717) is 5.41 Å². The predicted molar refractivity (Wildman–Crippen MR) is 65.4 cm³/mol. The Morgan fingerprint density at radius 3 is 1.93 bits per heavy atom. The van der Waals surface area contributed by atoms with Crippen LogP contribution < -0.4 is 0 Å². The van der Waals surface area contributed by atoms with Gasteiger partial charge in [0.05, 0.1) is 27.7 Å². The number of quaternary nitrogens is 1. The minimum absolute atomic E-state index is 0.516. The van der Waals surface area contributed by atoms with Crippen molar-refractivity contribution >= 4 is 0 Å². The maximum Gasteiger partial charge on any atom is 0.0837 e. The van der Waals surface area contributed by atoms with E-state index in [2.05, 4.69) is 48.8 Å². The van der Waals surface area contributed by atoms with Crippen molar-refractivity contribution in [2.24, 2.45) is 11.3 Å². The van der Waals surface area contributed by atoms with Crippen LogP contribution in [-0.2, 0) is 0 Å². The maximum atomic E-state index is 2.47. The summed E-state index contributed by atoms with van der Waals surface area (Å²) in [5, 5.41) is 0. The summed E-state index contributed by atoms with van der Waals surface area (Å²) in [7, 11) is 6.91. The molecule has 0 aliphatic heterocycles. The van der Waals surface area contributed by atoms with Crippen molar-refractivity contribution in [2.75, 3.05) is 27.7 Å². The van der Waals surface area contributed by atoms with Crippen LogP contribution in [0.4, 0.5) is 0 Å². The van der Waals surface area contributed by atoms with Gasteiger partial charge in [0.1, 0.15) is 0 Å². The second-order valence-electron chi connectivity index (χ2n) is 6.16. The topological polar surface area (TPSA) is 0 Å². The quantitative estimate of drug-likeness (QED) is 0.575. The first-order valence-corrected chi connectivity index (χ1v) is 6.05. The van der Waals surface area contributed by atoms with Gasteiger partial charge in [0.25, 0.3) is 0 Å². The summed E-state index contributed by atoms with van der Waals surface area (Å²) in [5.74, 6) is 0.833. The molecule has 14 heavy (non-hydrogen) atoms. The van der Waals surface area contributed by atoms with Gasteiger partial charge in [-0.1, -0.05) is 40.5 Å². The fourth-order valence-corrected chi connectivity index (χ4v) is 2.63. The molecule has 0 bridgehead atoms. The van der Waals surface area contributed by atoms with E-state index in [1.807, 2.05) is 0 Å². The van der Waals surface area contributed by atoms with E-state index < -0.39 is 0 Å². The molecule has 1 heteroatoms. The minimum Gasteiger partial charge on any atom is -0.330 e. The molecule has 0 N–H and O–H groups in total. The molecule has 1 nitrogen and oxygen atoms in total. The predicted octanol–water partition coefficient (Wildman–Crippen LogP) is 3.55. The van der Waals surface area contributed by atoms with E-state index in [1.54, 1.807) is 0 Å². The number of rotatable bonds is 6. The Bertz CT molecular complexity index is 157. The molecule has 0 aromatic rings. The Morgan fingerprint density at radius 2 is 1.64 bits per heavy atom. The van der Waals surface area contributed by atoms with Crippen molar-refractivity contribution in [3.8, 4) is 0 Å². The summed E-state index contributed by atoms with van der Waals surface area (Å²) < 4.78 is 1.08. The number of nitrogens with zero attached hydrogens (tertiary/aromatic N) is 1. The summed E-state index contributed by atoms with van der Waals surface area (Å²) >= 11 is 0. The van der Waals surface area contributed by atoms with E-state index in [9.17, 15) is 0 Å². The highest BCUT2D eigenvalue weighted by atomic mass is 15.3. The molecule has 2 unspecified atom stereocenters. The summed E-state index contributed by atoms with van der Waals surface area (Å²) in [4.78, 5) is 0. The Kier molecular flexibility index (Phi) is 5.14. The minimum atomic E-state index is 0.516. The van der Waals surface area contributed by atoms with Gasteiger partial charge in [0.2, 0.25) is 0 Å². The molecular formula is C13H30N+. The Labute approximate surface area is 91.1 Å². The van der Waals surface area contributed by atoms with Crippen LogP contribution in [0.1, 0.15) is 47.0 Å². The van der Waals surface area contributed by atoms with Gasteiger partial charge in [-0.25, -0.2) is 0 Å². The SMILES string of the molecule is CCCC(C)(C[N+](C)(C)C)C(C)CC. The zero-order valence-corrected chi connectivity index (χ0v) is 11.4. The van der Waals surface area contributed by atoms with Crippen LogP contribution in [-0.4, -0.2) is 32.2 Å². The average Bonchev–Trinajstić information content (AvgIpc) is 2.00. The van der Waals surface area contributed by atoms with E-state index >= 15 is 0 Å².